The van der Waals surface area contributed by atoms with Crippen molar-refractivity contribution in [3.05, 3.63) is 29.8 Å². The van der Waals surface area contributed by atoms with Crippen molar-refractivity contribution in [1.29, 1.82) is 0 Å². The number of sulfone groups is 1. The number of hydrogen-bond donors (Lipinski definition) is 1. The van der Waals surface area contributed by atoms with Gasteiger partial charge in [0.15, 0.2) is 9.84 Å². The third kappa shape index (κ3) is 5.95. The molecule has 0 saturated carbocycles. The van der Waals surface area contributed by atoms with Crippen molar-refractivity contribution in [2.45, 2.75) is 13.8 Å². The molecule has 0 radical (unpaired) electrons. The molecule has 116 valence electrons. The van der Waals surface area contributed by atoms with Crippen molar-refractivity contribution in [3.63, 3.8) is 0 Å². The van der Waals surface area contributed by atoms with Crippen LogP contribution in [0.15, 0.2) is 24.3 Å². The Labute approximate surface area is 124 Å². The number of amides is 1. The van der Waals surface area contributed by atoms with Gasteiger partial charge in [-0.15, -0.1) is 0 Å². The molecule has 0 aliphatic rings. The highest BCUT2D eigenvalue weighted by Crippen LogP contribution is 2.10. The summed E-state index contributed by atoms with van der Waals surface area (Å²) >= 11 is 0. The van der Waals surface area contributed by atoms with E-state index in [0.717, 1.165) is 5.56 Å². The van der Waals surface area contributed by atoms with Crippen LogP contribution in [0.1, 0.15) is 12.5 Å². The normalized spacial score (nSPS) is 12.5. The molecular formula is C14H19NO5S. The lowest BCUT2D eigenvalue weighted by Crippen LogP contribution is -2.29. The van der Waals surface area contributed by atoms with Crippen LogP contribution in [-0.4, -0.2) is 38.9 Å². The van der Waals surface area contributed by atoms with E-state index < -0.39 is 39.1 Å². The Hall–Kier alpha value is -1.89. The molecule has 21 heavy (non-hydrogen) atoms. The van der Waals surface area contributed by atoms with Gasteiger partial charge in [0.2, 0.25) is 5.91 Å². The van der Waals surface area contributed by atoms with E-state index in [0.29, 0.717) is 5.69 Å². The fraction of sp³-hybridized carbons (Fsp3) is 0.429. The summed E-state index contributed by atoms with van der Waals surface area (Å²) in [5, 5.41) is 2.51. The van der Waals surface area contributed by atoms with E-state index in [1.54, 1.807) is 12.1 Å². The molecule has 0 saturated heterocycles. The first-order chi connectivity index (χ1) is 9.73. The lowest BCUT2D eigenvalue weighted by Gasteiger charge is -2.10. The van der Waals surface area contributed by atoms with Gasteiger partial charge < -0.3 is 10.1 Å². The second-order valence-electron chi connectivity index (χ2n) is 4.89. The van der Waals surface area contributed by atoms with E-state index in [2.05, 4.69) is 10.1 Å². The van der Waals surface area contributed by atoms with Crippen LogP contribution in [0.5, 0.6) is 0 Å². The Morgan fingerprint density at radius 3 is 2.33 bits per heavy atom. The fourth-order valence-electron chi connectivity index (χ4n) is 1.74. The predicted octanol–water partition coefficient (Wildman–Crippen LogP) is 1.16. The Balaban J connectivity index is 2.60. The van der Waals surface area contributed by atoms with Gasteiger partial charge >= 0.3 is 5.97 Å². The van der Waals surface area contributed by atoms with Crippen LogP contribution in [0.25, 0.3) is 0 Å². The number of rotatable bonds is 6. The molecule has 0 spiro atoms. The van der Waals surface area contributed by atoms with Crippen molar-refractivity contribution >= 4 is 27.4 Å². The van der Waals surface area contributed by atoms with Gasteiger partial charge in [0.1, 0.15) is 5.75 Å². The maximum absolute atomic E-state index is 11.8. The summed E-state index contributed by atoms with van der Waals surface area (Å²) in [5.41, 5.74) is 1.56. The molecular weight excluding hydrogens is 294 g/mol. The summed E-state index contributed by atoms with van der Waals surface area (Å²) in [7, 11) is -2.49. The lowest BCUT2D eigenvalue weighted by molar-refractivity contribution is -0.144. The zero-order valence-electron chi connectivity index (χ0n) is 12.3. The van der Waals surface area contributed by atoms with Crippen LogP contribution in [-0.2, 0) is 24.2 Å². The van der Waals surface area contributed by atoms with E-state index in [1.165, 1.54) is 14.0 Å². The third-order valence-corrected chi connectivity index (χ3v) is 4.50. The summed E-state index contributed by atoms with van der Waals surface area (Å²) < 4.78 is 28.2. The number of nitrogens with one attached hydrogen (secondary N) is 1. The van der Waals surface area contributed by atoms with E-state index in [1.807, 2.05) is 19.1 Å². The topological polar surface area (TPSA) is 89.5 Å². The van der Waals surface area contributed by atoms with Gasteiger partial charge in [0.05, 0.1) is 18.8 Å². The maximum Gasteiger partial charge on any atom is 0.309 e. The van der Waals surface area contributed by atoms with Crippen LogP contribution < -0.4 is 5.32 Å². The lowest BCUT2D eigenvalue weighted by atomic mass is 10.2. The zero-order chi connectivity index (χ0) is 16.0. The predicted molar refractivity (Wildman–Crippen MR) is 79.6 cm³/mol. The molecule has 7 heteroatoms. The summed E-state index contributed by atoms with van der Waals surface area (Å²) in [6, 6.07) is 7.00. The van der Waals surface area contributed by atoms with Gasteiger partial charge in [0.25, 0.3) is 0 Å². The highest BCUT2D eigenvalue weighted by atomic mass is 32.2. The number of anilines is 1. The molecule has 6 nitrogen and oxygen atoms in total. The quantitative estimate of drug-likeness (QED) is 0.796. The molecule has 0 bridgehead atoms. The molecule has 0 heterocycles. The van der Waals surface area contributed by atoms with Crippen LogP contribution >= 0.6 is 0 Å². The van der Waals surface area contributed by atoms with E-state index in [9.17, 15) is 18.0 Å². The van der Waals surface area contributed by atoms with Gasteiger partial charge in [-0.3, -0.25) is 9.59 Å². The average molecular weight is 313 g/mol. The zero-order valence-corrected chi connectivity index (χ0v) is 13.1. The first-order valence-corrected chi connectivity index (χ1v) is 8.20. The minimum Gasteiger partial charge on any atom is -0.469 e. The van der Waals surface area contributed by atoms with Crippen LogP contribution in [0.2, 0.25) is 0 Å². The molecule has 1 amide bonds. The van der Waals surface area contributed by atoms with E-state index >= 15 is 0 Å². The molecule has 0 aliphatic heterocycles. The van der Waals surface area contributed by atoms with Crippen molar-refractivity contribution in [3.8, 4) is 0 Å². The molecule has 0 aromatic heterocycles. The standard InChI is InChI=1S/C14H19NO5S/c1-10-4-6-12(7-5-10)15-13(16)9-21(18,19)8-11(2)14(17)20-3/h4-7,11H,8-9H2,1-3H3,(H,15,16). The second kappa shape index (κ2) is 7.21. The summed E-state index contributed by atoms with van der Waals surface area (Å²) in [6.45, 7) is 3.35. The largest absolute Gasteiger partial charge is 0.469 e. The first kappa shape index (κ1) is 17.2. The van der Waals surface area contributed by atoms with Crippen LogP contribution in [0.4, 0.5) is 5.69 Å². The number of methoxy groups -OCH3 is 1. The van der Waals surface area contributed by atoms with Gasteiger partial charge in [-0.05, 0) is 19.1 Å². The number of esters is 1. The Bertz CT molecular complexity index is 607. The second-order valence-corrected chi connectivity index (χ2v) is 7.00. The molecule has 1 unspecified atom stereocenters. The van der Waals surface area contributed by atoms with Crippen LogP contribution in [0, 0.1) is 12.8 Å². The van der Waals surface area contributed by atoms with Gasteiger partial charge in [-0.2, -0.15) is 0 Å². The van der Waals surface area contributed by atoms with Crippen molar-refractivity contribution in [2.75, 3.05) is 23.9 Å². The average Bonchev–Trinajstić information content (AvgIpc) is 2.39. The third-order valence-electron chi connectivity index (χ3n) is 2.79. The first-order valence-electron chi connectivity index (χ1n) is 6.38. The molecule has 1 aromatic rings. The summed E-state index contributed by atoms with van der Waals surface area (Å²) in [4.78, 5) is 22.9. The minimum absolute atomic E-state index is 0.416. The van der Waals surface area contributed by atoms with E-state index in [4.69, 9.17) is 0 Å². The van der Waals surface area contributed by atoms with Crippen LogP contribution in [0.3, 0.4) is 0 Å². The number of aryl methyl sites for hydroxylation is 1. The smallest absolute Gasteiger partial charge is 0.309 e. The highest BCUT2D eigenvalue weighted by molar-refractivity contribution is 7.92. The Morgan fingerprint density at radius 2 is 1.81 bits per heavy atom. The molecule has 1 atom stereocenters. The van der Waals surface area contributed by atoms with Gasteiger partial charge in [-0.25, -0.2) is 8.42 Å². The molecule has 1 N–H and O–H groups in total. The fourth-order valence-corrected chi connectivity index (χ4v) is 3.23. The highest BCUT2D eigenvalue weighted by Gasteiger charge is 2.24. The van der Waals surface area contributed by atoms with Gasteiger partial charge in [-0.1, -0.05) is 24.6 Å². The molecule has 1 aromatic carbocycles. The molecule has 1 rings (SSSR count). The number of benzene rings is 1. The van der Waals surface area contributed by atoms with E-state index in [-0.39, 0.29) is 0 Å². The van der Waals surface area contributed by atoms with Crippen molar-refractivity contribution in [1.82, 2.24) is 0 Å². The Morgan fingerprint density at radius 1 is 1.24 bits per heavy atom. The van der Waals surface area contributed by atoms with Crippen molar-refractivity contribution in [2.24, 2.45) is 5.92 Å². The number of carbonyl (C=O) groups is 2. The maximum atomic E-state index is 11.8. The summed E-state index contributed by atoms with van der Waals surface area (Å²) in [5.74, 6) is -3.12. The summed E-state index contributed by atoms with van der Waals surface area (Å²) in [6.07, 6.45) is 0. The van der Waals surface area contributed by atoms with Crippen molar-refractivity contribution < 1.29 is 22.7 Å². The molecule has 0 fully saturated rings. The Kier molecular flexibility index (Phi) is 5.90. The number of ether oxygens (including phenoxy) is 1. The number of hydrogen-bond acceptors (Lipinski definition) is 5. The van der Waals surface area contributed by atoms with Gasteiger partial charge in [0, 0.05) is 5.69 Å². The number of carbonyl (C=O) groups excluding carboxylic acids is 2. The molecule has 0 aliphatic carbocycles. The SMILES string of the molecule is COC(=O)C(C)CS(=O)(=O)CC(=O)Nc1ccc(C)cc1. The monoisotopic (exact) mass is 313 g/mol. The minimum atomic E-state index is -3.68.